The van der Waals surface area contributed by atoms with Crippen LogP contribution in [0, 0.1) is 23.7 Å². The summed E-state index contributed by atoms with van der Waals surface area (Å²) in [5.41, 5.74) is -0.687. The second-order valence-corrected chi connectivity index (χ2v) is 9.26. The third kappa shape index (κ3) is 3.60. The van der Waals surface area contributed by atoms with Crippen LogP contribution in [0.25, 0.3) is 0 Å². The van der Waals surface area contributed by atoms with Gasteiger partial charge in [-0.15, -0.1) is 0 Å². The van der Waals surface area contributed by atoms with Crippen molar-refractivity contribution in [2.75, 3.05) is 13.2 Å². The van der Waals surface area contributed by atoms with Crippen molar-refractivity contribution in [2.24, 2.45) is 23.7 Å². The molecule has 4 aliphatic rings. The van der Waals surface area contributed by atoms with Crippen molar-refractivity contribution in [2.45, 2.75) is 50.2 Å². The highest BCUT2D eigenvalue weighted by Crippen LogP contribution is 2.57. The number of benzene rings is 1. The van der Waals surface area contributed by atoms with Gasteiger partial charge in [0.05, 0.1) is 24.2 Å². The molecule has 0 spiro atoms. The van der Waals surface area contributed by atoms with Crippen LogP contribution in [0.3, 0.4) is 0 Å². The first-order valence-corrected chi connectivity index (χ1v) is 11.3. The number of carbonyl (C=O) groups is 4. The highest BCUT2D eigenvalue weighted by atomic mass is 16.6. The number of ether oxygens (including phenoxy) is 4. The Hall–Kier alpha value is -2.74. The maximum Gasteiger partial charge on any atom is 0.338 e. The number of hydrogen-bond acceptors (Lipinski definition) is 8. The Morgan fingerprint density at radius 2 is 1.75 bits per heavy atom. The normalized spacial score (nSPS) is 33.6. The molecule has 170 valence electrons. The number of esters is 4. The minimum atomic E-state index is -1.12. The second kappa shape index (κ2) is 8.31. The summed E-state index contributed by atoms with van der Waals surface area (Å²) >= 11 is 0. The topological polar surface area (TPSA) is 105 Å². The lowest BCUT2D eigenvalue weighted by Crippen LogP contribution is -2.47. The van der Waals surface area contributed by atoms with E-state index in [1.165, 1.54) is 0 Å². The zero-order valence-corrected chi connectivity index (χ0v) is 17.7. The lowest BCUT2D eigenvalue weighted by molar-refractivity contribution is -0.168. The molecule has 5 atom stereocenters. The van der Waals surface area contributed by atoms with Gasteiger partial charge in [-0.05, 0) is 31.4 Å². The van der Waals surface area contributed by atoms with Gasteiger partial charge in [0.1, 0.15) is 24.0 Å². The maximum atomic E-state index is 12.6. The minimum Gasteiger partial charge on any atom is -0.462 e. The Labute approximate surface area is 185 Å². The Morgan fingerprint density at radius 3 is 2.50 bits per heavy atom. The van der Waals surface area contributed by atoms with E-state index < -0.39 is 41.4 Å². The SMILES string of the molecule is O=C(OC[C@@H]1C[C@@]2(COC(=O)C3CCCCC3)O[C@@H]1[C@@H]1C(=O)OC(=O)[C@@H]12)c1ccccc1. The van der Waals surface area contributed by atoms with Gasteiger partial charge in [0.2, 0.25) is 0 Å². The van der Waals surface area contributed by atoms with Crippen LogP contribution >= 0.6 is 0 Å². The quantitative estimate of drug-likeness (QED) is 0.376. The van der Waals surface area contributed by atoms with Crippen molar-refractivity contribution in [1.29, 1.82) is 0 Å². The van der Waals surface area contributed by atoms with Gasteiger partial charge in [-0.1, -0.05) is 37.5 Å². The molecule has 1 saturated carbocycles. The Morgan fingerprint density at radius 1 is 1.00 bits per heavy atom. The van der Waals surface area contributed by atoms with Crippen LogP contribution in [-0.2, 0) is 33.3 Å². The molecule has 3 saturated heterocycles. The van der Waals surface area contributed by atoms with Crippen molar-refractivity contribution in [3.8, 4) is 0 Å². The van der Waals surface area contributed by atoms with E-state index in [4.69, 9.17) is 18.9 Å². The fraction of sp³-hybridized carbons (Fsp3) is 0.583. The third-order valence-corrected chi connectivity index (χ3v) is 7.29. The molecule has 4 fully saturated rings. The van der Waals surface area contributed by atoms with E-state index in [0.717, 1.165) is 32.1 Å². The van der Waals surface area contributed by atoms with Gasteiger partial charge in [-0.25, -0.2) is 4.79 Å². The Kier molecular flexibility index (Phi) is 5.49. The van der Waals surface area contributed by atoms with Crippen molar-refractivity contribution >= 4 is 23.9 Å². The Bertz CT molecular complexity index is 921. The van der Waals surface area contributed by atoms with Crippen LogP contribution in [0.15, 0.2) is 30.3 Å². The highest BCUT2D eigenvalue weighted by Gasteiger charge is 2.72. The van der Waals surface area contributed by atoms with E-state index in [9.17, 15) is 19.2 Å². The van der Waals surface area contributed by atoms with Crippen LogP contribution in [0.1, 0.15) is 48.9 Å². The second-order valence-electron chi connectivity index (χ2n) is 9.26. The molecule has 32 heavy (non-hydrogen) atoms. The van der Waals surface area contributed by atoms with Crippen molar-refractivity contribution in [1.82, 2.24) is 0 Å². The summed E-state index contributed by atoms with van der Waals surface area (Å²) < 4.78 is 22.2. The van der Waals surface area contributed by atoms with Gasteiger partial charge in [0.25, 0.3) is 0 Å². The highest BCUT2D eigenvalue weighted by molar-refractivity contribution is 5.98. The summed E-state index contributed by atoms with van der Waals surface area (Å²) in [4.78, 5) is 49.7. The minimum absolute atomic E-state index is 0.0431. The summed E-state index contributed by atoms with van der Waals surface area (Å²) in [5.74, 6) is -3.97. The van der Waals surface area contributed by atoms with Gasteiger partial charge < -0.3 is 18.9 Å². The molecule has 8 nitrogen and oxygen atoms in total. The van der Waals surface area contributed by atoms with Crippen LogP contribution in [-0.4, -0.2) is 48.8 Å². The summed E-state index contributed by atoms with van der Waals surface area (Å²) in [7, 11) is 0. The summed E-state index contributed by atoms with van der Waals surface area (Å²) in [6, 6.07) is 8.63. The zero-order chi connectivity index (χ0) is 22.3. The zero-order valence-electron chi connectivity index (χ0n) is 17.7. The predicted molar refractivity (Wildman–Crippen MR) is 108 cm³/mol. The first-order valence-electron chi connectivity index (χ1n) is 11.3. The third-order valence-electron chi connectivity index (χ3n) is 7.29. The van der Waals surface area contributed by atoms with Crippen LogP contribution < -0.4 is 0 Å². The van der Waals surface area contributed by atoms with Gasteiger partial charge in [-0.2, -0.15) is 0 Å². The van der Waals surface area contributed by atoms with Crippen LogP contribution in [0.2, 0.25) is 0 Å². The van der Waals surface area contributed by atoms with Crippen molar-refractivity contribution in [3.63, 3.8) is 0 Å². The molecule has 0 amide bonds. The molecular weight excluding hydrogens is 416 g/mol. The first kappa shape index (κ1) is 21.1. The molecule has 5 rings (SSSR count). The van der Waals surface area contributed by atoms with Crippen molar-refractivity contribution in [3.05, 3.63) is 35.9 Å². The Balaban J connectivity index is 1.28. The largest absolute Gasteiger partial charge is 0.462 e. The first-order chi connectivity index (χ1) is 15.5. The van der Waals surface area contributed by atoms with Gasteiger partial charge in [0.15, 0.2) is 0 Å². The van der Waals surface area contributed by atoms with E-state index >= 15 is 0 Å². The smallest absolute Gasteiger partial charge is 0.338 e. The lowest BCUT2D eigenvalue weighted by Gasteiger charge is -2.32. The maximum absolute atomic E-state index is 12.6. The molecule has 2 bridgehead atoms. The summed E-state index contributed by atoms with van der Waals surface area (Å²) in [6.45, 7) is -0.0626. The van der Waals surface area contributed by atoms with E-state index in [2.05, 4.69) is 0 Å². The lowest BCUT2D eigenvalue weighted by atomic mass is 9.69. The number of fused-ring (bicyclic) bond motifs is 5. The fourth-order valence-corrected chi connectivity index (χ4v) is 5.75. The number of rotatable bonds is 6. The number of hydrogen-bond donors (Lipinski definition) is 0. The van der Waals surface area contributed by atoms with E-state index in [1.807, 2.05) is 6.07 Å². The van der Waals surface area contributed by atoms with Crippen LogP contribution in [0.5, 0.6) is 0 Å². The van der Waals surface area contributed by atoms with E-state index in [0.29, 0.717) is 12.0 Å². The molecule has 3 aliphatic heterocycles. The molecule has 0 radical (unpaired) electrons. The fourth-order valence-electron chi connectivity index (χ4n) is 5.75. The molecule has 8 heteroatoms. The summed E-state index contributed by atoms with van der Waals surface area (Å²) in [6.07, 6.45) is 4.48. The van der Waals surface area contributed by atoms with Gasteiger partial charge >= 0.3 is 23.9 Å². The standard InChI is InChI=1S/C24H26O8/c25-20(14-7-3-1-4-8-14)29-12-16-11-24(13-30-21(26)15-9-5-2-6-10-15)18-17(19(16)32-24)22(27)31-23(18)28/h1,3-4,7-8,15-19H,2,5-6,9-13H2/t16-,17+,18+,19-,24-/m0/s1. The molecular formula is C24H26O8. The number of cyclic esters (lactones) is 2. The van der Waals surface area contributed by atoms with Crippen LogP contribution in [0.4, 0.5) is 0 Å². The number of carbonyl (C=O) groups excluding carboxylic acids is 4. The van der Waals surface area contributed by atoms with Gasteiger partial charge in [-0.3, -0.25) is 14.4 Å². The molecule has 0 aromatic heterocycles. The van der Waals surface area contributed by atoms with Crippen molar-refractivity contribution < 1.29 is 38.1 Å². The molecule has 0 unspecified atom stereocenters. The average molecular weight is 442 g/mol. The monoisotopic (exact) mass is 442 g/mol. The molecule has 1 aromatic rings. The van der Waals surface area contributed by atoms with E-state index in [1.54, 1.807) is 24.3 Å². The molecule has 3 heterocycles. The van der Waals surface area contributed by atoms with Gasteiger partial charge in [0, 0.05) is 5.92 Å². The predicted octanol–water partition coefficient (Wildman–Crippen LogP) is 2.44. The molecule has 1 aromatic carbocycles. The molecule has 0 N–H and O–H groups in total. The van der Waals surface area contributed by atoms with E-state index in [-0.39, 0.29) is 31.0 Å². The molecule has 1 aliphatic carbocycles. The average Bonchev–Trinajstić information content (AvgIpc) is 3.46. The summed E-state index contributed by atoms with van der Waals surface area (Å²) in [5, 5.41) is 0.